The third kappa shape index (κ3) is 2.75. The lowest BCUT2D eigenvalue weighted by molar-refractivity contribution is 0.0600. The molecule has 0 aromatic heterocycles. The molecule has 0 saturated heterocycles. The first kappa shape index (κ1) is 12.6. The van der Waals surface area contributed by atoms with Crippen molar-refractivity contribution in [3.63, 3.8) is 0 Å². The largest absolute Gasteiger partial charge is 0.465 e. The maximum atomic E-state index is 11.5. The van der Waals surface area contributed by atoms with E-state index in [4.69, 9.17) is 4.74 Å². The van der Waals surface area contributed by atoms with E-state index in [2.05, 4.69) is 19.2 Å². The van der Waals surface area contributed by atoms with Crippen molar-refractivity contribution in [2.75, 3.05) is 12.4 Å². The number of hydrogen-bond donors (Lipinski definition) is 1. The van der Waals surface area contributed by atoms with Gasteiger partial charge >= 0.3 is 5.97 Å². The Bertz CT molecular complexity index is 374. The fourth-order valence-electron chi connectivity index (χ4n) is 1.49. The van der Waals surface area contributed by atoms with Crippen molar-refractivity contribution in [2.45, 2.75) is 33.2 Å². The van der Waals surface area contributed by atoms with E-state index in [9.17, 15) is 4.79 Å². The smallest absolute Gasteiger partial charge is 0.338 e. The SMILES string of the molecule is CCC(C)Nc1cccc(C(=O)OC)c1C. The van der Waals surface area contributed by atoms with Crippen molar-refractivity contribution in [2.24, 2.45) is 0 Å². The van der Waals surface area contributed by atoms with Crippen LogP contribution in [0.4, 0.5) is 5.69 Å². The second-order valence-electron chi connectivity index (χ2n) is 3.92. The summed E-state index contributed by atoms with van der Waals surface area (Å²) in [6.07, 6.45) is 1.04. The van der Waals surface area contributed by atoms with Crippen LogP contribution < -0.4 is 5.32 Å². The minimum absolute atomic E-state index is 0.287. The van der Waals surface area contributed by atoms with E-state index >= 15 is 0 Å². The van der Waals surface area contributed by atoms with Gasteiger partial charge in [0.1, 0.15) is 0 Å². The molecule has 1 aromatic rings. The monoisotopic (exact) mass is 221 g/mol. The Labute approximate surface area is 96.8 Å². The quantitative estimate of drug-likeness (QED) is 0.794. The molecule has 0 aliphatic heterocycles. The number of carbonyl (C=O) groups excluding carboxylic acids is 1. The van der Waals surface area contributed by atoms with Crippen molar-refractivity contribution in [3.05, 3.63) is 29.3 Å². The Morgan fingerprint density at radius 3 is 2.75 bits per heavy atom. The first-order valence-electron chi connectivity index (χ1n) is 5.54. The highest BCUT2D eigenvalue weighted by molar-refractivity contribution is 5.92. The number of rotatable bonds is 4. The first-order chi connectivity index (χ1) is 7.60. The molecule has 0 spiro atoms. The van der Waals surface area contributed by atoms with Crippen LogP contribution in [0, 0.1) is 6.92 Å². The van der Waals surface area contributed by atoms with Gasteiger partial charge in [0, 0.05) is 11.7 Å². The van der Waals surface area contributed by atoms with Gasteiger partial charge in [0.05, 0.1) is 12.7 Å². The Morgan fingerprint density at radius 1 is 1.50 bits per heavy atom. The van der Waals surface area contributed by atoms with Crippen molar-refractivity contribution in [3.8, 4) is 0 Å². The van der Waals surface area contributed by atoms with Crippen LogP contribution in [0.5, 0.6) is 0 Å². The number of methoxy groups -OCH3 is 1. The number of nitrogens with one attached hydrogen (secondary N) is 1. The zero-order chi connectivity index (χ0) is 12.1. The molecule has 3 heteroatoms. The molecule has 1 aromatic carbocycles. The van der Waals surface area contributed by atoms with Gasteiger partial charge in [-0.25, -0.2) is 4.79 Å². The van der Waals surface area contributed by atoms with Crippen LogP contribution in [0.1, 0.15) is 36.2 Å². The van der Waals surface area contributed by atoms with E-state index in [0.29, 0.717) is 11.6 Å². The van der Waals surface area contributed by atoms with E-state index in [1.807, 2.05) is 19.1 Å². The standard InChI is InChI=1S/C13H19NO2/c1-5-9(2)14-12-8-6-7-11(10(12)3)13(15)16-4/h6-9,14H,5H2,1-4H3. The summed E-state index contributed by atoms with van der Waals surface area (Å²) in [4.78, 5) is 11.5. The lowest BCUT2D eigenvalue weighted by Crippen LogP contribution is -2.15. The number of ether oxygens (including phenoxy) is 1. The van der Waals surface area contributed by atoms with E-state index in [1.165, 1.54) is 7.11 Å². The molecule has 0 aliphatic carbocycles. The third-order valence-electron chi connectivity index (χ3n) is 2.75. The molecule has 1 atom stereocenters. The van der Waals surface area contributed by atoms with Crippen LogP contribution in [0.3, 0.4) is 0 Å². The molecule has 3 nitrogen and oxygen atoms in total. The Kier molecular flexibility index (Phi) is 4.35. The van der Waals surface area contributed by atoms with Crippen molar-refractivity contribution < 1.29 is 9.53 Å². The molecule has 0 fully saturated rings. The predicted molar refractivity (Wildman–Crippen MR) is 65.9 cm³/mol. The molecule has 1 rings (SSSR count). The van der Waals surface area contributed by atoms with Crippen molar-refractivity contribution in [1.29, 1.82) is 0 Å². The molecular formula is C13H19NO2. The van der Waals surface area contributed by atoms with Crippen LogP contribution in [-0.2, 0) is 4.74 Å². The molecule has 0 amide bonds. The number of anilines is 1. The molecule has 1 unspecified atom stereocenters. The second-order valence-corrected chi connectivity index (χ2v) is 3.92. The third-order valence-corrected chi connectivity index (χ3v) is 2.75. The average Bonchev–Trinajstić information content (AvgIpc) is 2.30. The van der Waals surface area contributed by atoms with Crippen LogP contribution in [0.2, 0.25) is 0 Å². The first-order valence-corrected chi connectivity index (χ1v) is 5.54. The van der Waals surface area contributed by atoms with Gasteiger partial charge in [0.15, 0.2) is 0 Å². The Morgan fingerprint density at radius 2 is 2.19 bits per heavy atom. The molecule has 0 aliphatic rings. The van der Waals surface area contributed by atoms with E-state index in [1.54, 1.807) is 6.07 Å². The summed E-state index contributed by atoms with van der Waals surface area (Å²) in [7, 11) is 1.40. The molecular weight excluding hydrogens is 202 g/mol. The van der Waals surface area contributed by atoms with Gasteiger partial charge in [0.2, 0.25) is 0 Å². The molecule has 0 bridgehead atoms. The van der Waals surface area contributed by atoms with E-state index in [0.717, 1.165) is 17.7 Å². The van der Waals surface area contributed by atoms with Gasteiger partial charge in [-0.1, -0.05) is 13.0 Å². The van der Waals surface area contributed by atoms with Gasteiger partial charge in [0.25, 0.3) is 0 Å². The number of hydrogen-bond acceptors (Lipinski definition) is 3. The molecule has 1 N–H and O–H groups in total. The van der Waals surface area contributed by atoms with Crippen LogP contribution in [0.25, 0.3) is 0 Å². The fraction of sp³-hybridized carbons (Fsp3) is 0.462. The van der Waals surface area contributed by atoms with Crippen LogP contribution in [-0.4, -0.2) is 19.1 Å². The summed E-state index contributed by atoms with van der Waals surface area (Å²) in [6.45, 7) is 6.17. The molecule has 16 heavy (non-hydrogen) atoms. The zero-order valence-electron chi connectivity index (χ0n) is 10.3. The predicted octanol–water partition coefficient (Wildman–Crippen LogP) is 2.99. The van der Waals surface area contributed by atoms with Gasteiger partial charge in [-0.15, -0.1) is 0 Å². The summed E-state index contributed by atoms with van der Waals surface area (Å²) in [5, 5.41) is 3.37. The normalized spacial score (nSPS) is 12.0. The van der Waals surface area contributed by atoms with Crippen LogP contribution in [0.15, 0.2) is 18.2 Å². The zero-order valence-corrected chi connectivity index (χ0v) is 10.3. The summed E-state index contributed by atoms with van der Waals surface area (Å²) >= 11 is 0. The maximum absolute atomic E-state index is 11.5. The number of benzene rings is 1. The highest BCUT2D eigenvalue weighted by Gasteiger charge is 2.12. The molecule has 88 valence electrons. The lowest BCUT2D eigenvalue weighted by atomic mass is 10.1. The van der Waals surface area contributed by atoms with Gasteiger partial charge in [-0.05, 0) is 38.0 Å². The molecule has 0 saturated carbocycles. The fourth-order valence-corrected chi connectivity index (χ4v) is 1.49. The van der Waals surface area contributed by atoms with Gasteiger partial charge in [-0.3, -0.25) is 0 Å². The molecule has 0 heterocycles. The van der Waals surface area contributed by atoms with Crippen LogP contribution >= 0.6 is 0 Å². The maximum Gasteiger partial charge on any atom is 0.338 e. The highest BCUT2D eigenvalue weighted by Crippen LogP contribution is 2.20. The summed E-state index contributed by atoms with van der Waals surface area (Å²) in [5.74, 6) is -0.287. The van der Waals surface area contributed by atoms with E-state index in [-0.39, 0.29) is 5.97 Å². The summed E-state index contributed by atoms with van der Waals surface area (Å²) < 4.78 is 4.74. The minimum atomic E-state index is -0.287. The minimum Gasteiger partial charge on any atom is -0.465 e. The van der Waals surface area contributed by atoms with Crippen molar-refractivity contribution >= 4 is 11.7 Å². The summed E-state index contributed by atoms with van der Waals surface area (Å²) in [6, 6.07) is 6.02. The van der Waals surface area contributed by atoms with E-state index < -0.39 is 0 Å². The molecule has 0 radical (unpaired) electrons. The lowest BCUT2D eigenvalue weighted by Gasteiger charge is -2.16. The van der Waals surface area contributed by atoms with Crippen molar-refractivity contribution in [1.82, 2.24) is 0 Å². The Balaban J connectivity index is 2.99. The summed E-state index contributed by atoms with van der Waals surface area (Å²) in [5.41, 5.74) is 2.56. The number of esters is 1. The van der Waals surface area contributed by atoms with Gasteiger partial charge in [-0.2, -0.15) is 0 Å². The number of carbonyl (C=O) groups is 1. The topological polar surface area (TPSA) is 38.3 Å². The van der Waals surface area contributed by atoms with Gasteiger partial charge < -0.3 is 10.1 Å². The average molecular weight is 221 g/mol. The second kappa shape index (κ2) is 5.54. The highest BCUT2D eigenvalue weighted by atomic mass is 16.5. The Hall–Kier alpha value is -1.51.